The van der Waals surface area contributed by atoms with Gasteiger partial charge in [0, 0.05) is 9.35 Å². The van der Waals surface area contributed by atoms with Crippen LogP contribution in [-0.2, 0) is 9.53 Å². The van der Waals surface area contributed by atoms with Gasteiger partial charge in [-0.05, 0) is 28.9 Å². The van der Waals surface area contributed by atoms with Crippen molar-refractivity contribution in [2.45, 2.75) is 6.92 Å². The predicted molar refractivity (Wildman–Crippen MR) is 59.5 cm³/mol. The molecule has 1 rings (SSSR count). The summed E-state index contributed by atoms with van der Waals surface area (Å²) in [6.45, 7) is 1.24. The molecule has 1 aromatic rings. The Hall–Kier alpha value is -0.720. The first-order valence-corrected chi connectivity index (χ1v) is 5.70. The second-order valence-electron chi connectivity index (χ2n) is 2.84. The molecule has 6 heteroatoms. The van der Waals surface area contributed by atoms with Gasteiger partial charge in [-0.1, -0.05) is 0 Å². The first-order chi connectivity index (χ1) is 7.00. The zero-order valence-corrected chi connectivity index (χ0v) is 10.4. The molecule has 0 saturated carbocycles. The lowest BCUT2D eigenvalue weighted by Crippen LogP contribution is -2.13. The Bertz CT molecular complexity index is 385. The molecule has 1 aromatic heterocycles. The van der Waals surface area contributed by atoms with Gasteiger partial charge in [-0.3, -0.25) is 4.79 Å². The zero-order chi connectivity index (χ0) is 11.4. The van der Waals surface area contributed by atoms with E-state index >= 15 is 0 Å². The summed E-state index contributed by atoms with van der Waals surface area (Å²) in [7, 11) is 0. The van der Waals surface area contributed by atoms with E-state index in [4.69, 9.17) is 9.84 Å². The highest BCUT2D eigenvalue weighted by atomic mass is 79.9. The monoisotopic (exact) mass is 292 g/mol. The van der Waals surface area contributed by atoms with Crippen LogP contribution in [0.3, 0.4) is 0 Å². The summed E-state index contributed by atoms with van der Waals surface area (Å²) in [5, 5.41) is 8.31. The van der Waals surface area contributed by atoms with E-state index < -0.39 is 12.6 Å². The number of ether oxygens (including phenoxy) is 1. The number of rotatable bonds is 5. The second-order valence-corrected chi connectivity index (χ2v) is 4.95. The van der Waals surface area contributed by atoms with Crippen molar-refractivity contribution in [3.8, 4) is 0 Å². The van der Waals surface area contributed by atoms with Crippen molar-refractivity contribution in [2.75, 3.05) is 13.2 Å². The summed E-state index contributed by atoms with van der Waals surface area (Å²) in [5.74, 6) is -1.29. The largest absolute Gasteiger partial charge is 0.480 e. The van der Waals surface area contributed by atoms with E-state index in [1.165, 1.54) is 11.3 Å². The van der Waals surface area contributed by atoms with Crippen LogP contribution in [0.25, 0.3) is 0 Å². The molecule has 1 heterocycles. The normalized spacial score (nSPS) is 10.3. The molecule has 0 aliphatic heterocycles. The summed E-state index contributed by atoms with van der Waals surface area (Å²) in [6, 6.07) is 1.84. The number of carbonyl (C=O) groups is 2. The number of hydrogen-bond acceptors (Lipinski definition) is 4. The molecule has 0 radical (unpaired) electrons. The van der Waals surface area contributed by atoms with Gasteiger partial charge >= 0.3 is 5.97 Å². The molecular weight excluding hydrogens is 284 g/mol. The topological polar surface area (TPSA) is 63.6 Å². The summed E-state index contributed by atoms with van der Waals surface area (Å²) < 4.78 is 5.44. The minimum absolute atomic E-state index is 0.204. The summed E-state index contributed by atoms with van der Waals surface area (Å²) in [5.41, 5.74) is 0. The number of halogens is 1. The van der Waals surface area contributed by atoms with Crippen LogP contribution in [0.1, 0.15) is 14.5 Å². The molecule has 0 unspecified atom stereocenters. The molecule has 0 aromatic carbocycles. The lowest BCUT2D eigenvalue weighted by molar-refractivity contribution is -0.141. The van der Waals surface area contributed by atoms with Gasteiger partial charge < -0.3 is 9.84 Å². The SMILES string of the molecule is Cc1cc(Br)c(C(=O)COCC(=O)O)s1. The van der Waals surface area contributed by atoms with Crippen molar-refractivity contribution in [3.05, 3.63) is 20.3 Å². The lowest BCUT2D eigenvalue weighted by Gasteiger charge is -1.99. The van der Waals surface area contributed by atoms with Crippen LogP contribution in [0.4, 0.5) is 0 Å². The van der Waals surface area contributed by atoms with Crippen molar-refractivity contribution < 1.29 is 19.4 Å². The number of ketones is 1. The number of hydrogen-bond donors (Lipinski definition) is 1. The molecule has 0 bridgehead atoms. The van der Waals surface area contributed by atoms with E-state index in [9.17, 15) is 9.59 Å². The standard InChI is InChI=1S/C9H9BrO4S/c1-5-2-6(10)9(15-5)7(11)3-14-4-8(12)13/h2H,3-4H2,1H3,(H,12,13). The lowest BCUT2D eigenvalue weighted by atomic mass is 10.3. The molecule has 4 nitrogen and oxygen atoms in total. The first kappa shape index (κ1) is 12.4. The van der Waals surface area contributed by atoms with E-state index in [0.717, 1.165) is 9.35 Å². The van der Waals surface area contributed by atoms with E-state index in [-0.39, 0.29) is 12.4 Å². The molecule has 0 aliphatic rings. The van der Waals surface area contributed by atoms with Crippen molar-refractivity contribution in [3.63, 3.8) is 0 Å². The smallest absolute Gasteiger partial charge is 0.329 e. The number of Topliss-reactive ketones (excluding diaryl/α,β-unsaturated/α-hetero) is 1. The molecule has 0 saturated heterocycles. The maximum atomic E-state index is 11.5. The van der Waals surface area contributed by atoms with Gasteiger partial charge in [0.15, 0.2) is 5.78 Å². The maximum absolute atomic E-state index is 11.5. The van der Waals surface area contributed by atoms with Crippen molar-refractivity contribution in [2.24, 2.45) is 0 Å². The maximum Gasteiger partial charge on any atom is 0.329 e. The molecule has 0 atom stereocenters. The fraction of sp³-hybridized carbons (Fsp3) is 0.333. The molecule has 0 fully saturated rings. The molecule has 0 aliphatic carbocycles. The van der Waals surface area contributed by atoms with Gasteiger partial charge in [0.1, 0.15) is 13.2 Å². The Balaban J connectivity index is 2.54. The molecule has 0 spiro atoms. The van der Waals surface area contributed by atoms with Crippen LogP contribution in [0.2, 0.25) is 0 Å². The quantitative estimate of drug-likeness (QED) is 0.844. The average Bonchev–Trinajstić information content (AvgIpc) is 2.44. The third-order valence-corrected chi connectivity index (χ3v) is 3.50. The average molecular weight is 293 g/mol. The van der Waals surface area contributed by atoms with Crippen molar-refractivity contribution in [1.82, 2.24) is 0 Å². The van der Waals surface area contributed by atoms with E-state index in [0.29, 0.717) is 4.88 Å². The minimum atomic E-state index is -1.08. The van der Waals surface area contributed by atoms with Crippen LogP contribution in [0.15, 0.2) is 10.5 Å². The van der Waals surface area contributed by atoms with E-state index in [1.807, 2.05) is 13.0 Å². The molecular formula is C9H9BrO4S. The van der Waals surface area contributed by atoms with Crippen molar-refractivity contribution in [1.29, 1.82) is 0 Å². The van der Waals surface area contributed by atoms with E-state index in [2.05, 4.69) is 15.9 Å². The van der Waals surface area contributed by atoms with Gasteiger partial charge in [0.05, 0.1) is 4.88 Å². The summed E-state index contributed by atoms with van der Waals surface area (Å²) in [4.78, 5) is 23.3. The van der Waals surface area contributed by atoms with Gasteiger partial charge in [-0.2, -0.15) is 0 Å². The number of carboxylic acid groups (broad SMARTS) is 1. The highest BCUT2D eigenvalue weighted by Gasteiger charge is 2.13. The molecule has 15 heavy (non-hydrogen) atoms. The highest BCUT2D eigenvalue weighted by Crippen LogP contribution is 2.27. The van der Waals surface area contributed by atoms with Gasteiger partial charge in [-0.15, -0.1) is 11.3 Å². The third-order valence-electron chi connectivity index (χ3n) is 1.52. The second kappa shape index (κ2) is 5.39. The molecule has 82 valence electrons. The Morgan fingerprint density at radius 3 is 2.67 bits per heavy atom. The zero-order valence-electron chi connectivity index (χ0n) is 7.95. The fourth-order valence-electron chi connectivity index (χ4n) is 0.970. The number of thiophene rings is 1. The van der Waals surface area contributed by atoms with Gasteiger partial charge in [0.25, 0.3) is 0 Å². The number of aliphatic carboxylic acids is 1. The van der Waals surface area contributed by atoms with Crippen LogP contribution >= 0.6 is 27.3 Å². The number of carbonyl (C=O) groups excluding carboxylic acids is 1. The minimum Gasteiger partial charge on any atom is -0.480 e. The highest BCUT2D eigenvalue weighted by molar-refractivity contribution is 9.10. The summed E-state index contributed by atoms with van der Waals surface area (Å²) in [6.07, 6.45) is 0. The Kier molecular flexibility index (Phi) is 4.44. The summed E-state index contributed by atoms with van der Waals surface area (Å²) >= 11 is 4.61. The predicted octanol–water partition coefficient (Wildman–Crippen LogP) is 2.10. The van der Waals surface area contributed by atoms with Crippen molar-refractivity contribution >= 4 is 39.0 Å². The van der Waals surface area contributed by atoms with E-state index in [1.54, 1.807) is 0 Å². The third kappa shape index (κ3) is 3.73. The van der Waals surface area contributed by atoms with Crippen LogP contribution in [0.5, 0.6) is 0 Å². The van der Waals surface area contributed by atoms with Crippen LogP contribution in [-0.4, -0.2) is 30.1 Å². The van der Waals surface area contributed by atoms with Crippen LogP contribution < -0.4 is 0 Å². The Morgan fingerprint density at radius 2 is 2.20 bits per heavy atom. The number of carboxylic acids is 1. The fourth-order valence-corrected chi connectivity index (χ4v) is 2.76. The first-order valence-electron chi connectivity index (χ1n) is 4.09. The molecule has 0 amide bonds. The Morgan fingerprint density at radius 1 is 1.53 bits per heavy atom. The van der Waals surface area contributed by atoms with Gasteiger partial charge in [-0.25, -0.2) is 4.79 Å². The Labute approximate surface area is 99.0 Å². The van der Waals surface area contributed by atoms with Crippen LogP contribution in [0, 0.1) is 6.92 Å². The van der Waals surface area contributed by atoms with Gasteiger partial charge in [0.2, 0.25) is 0 Å². The molecule has 1 N–H and O–H groups in total. The number of aryl methyl sites for hydroxylation is 1.